The van der Waals surface area contributed by atoms with Gasteiger partial charge in [-0.3, -0.25) is 9.59 Å². The molecule has 0 bridgehead atoms. The van der Waals surface area contributed by atoms with Crippen molar-refractivity contribution >= 4 is 23.3 Å². The van der Waals surface area contributed by atoms with Crippen LogP contribution in [0.1, 0.15) is 39.5 Å². The molecule has 13 heavy (non-hydrogen) atoms. The molecule has 0 spiro atoms. The van der Waals surface area contributed by atoms with E-state index in [0.29, 0.717) is 18.0 Å². The van der Waals surface area contributed by atoms with Gasteiger partial charge in [-0.15, -0.1) is 0 Å². The molecule has 1 aliphatic heterocycles. The van der Waals surface area contributed by atoms with E-state index < -0.39 is 0 Å². The van der Waals surface area contributed by atoms with E-state index in [9.17, 15) is 9.59 Å². The van der Waals surface area contributed by atoms with Crippen LogP contribution in [0.15, 0.2) is 0 Å². The van der Waals surface area contributed by atoms with Crippen LogP contribution in [0.2, 0.25) is 0 Å². The summed E-state index contributed by atoms with van der Waals surface area (Å²) in [6.07, 6.45) is 3.27. The molecule has 0 amide bonds. The van der Waals surface area contributed by atoms with Gasteiger partial charge in [0, 0.05) is 25.0 Å². The summed E-state index contributed by atoms with van der Waals surface area (Å²) in [6, 6.07) is 0. The lowest BCUT2D eigenvalue weighted by molar-refractivity contribution is -0.119. The molecule has 1 saturated heterocycles. The van der Waals surface area contributed by atoms with Crippen molar-refractivity contribution in [3.8, 4) is 0 Å². The molecule has 0 saturated carbocycles. The van der Waals surface area contributed by atoms with Crippen molar-refractivity contribution in [2.45, 2.75) is 39.5 Å². The second-order valence-electron chi connectivity index (χ2n) is 2.98. The Labute approximate surface area is 84.5 Å². The zero-order chi connectivity index (χ0) is 10.1. The normalized spacial score (nSPS) is 15.1. The van der Waals surface area contributed by atoms with Crippen LogP contribution in [0.5, 0.6) is 0 Å². The molecule has 3 heteroatoms. The van der Waals surface area contributed by atoms with E-state index in [2.05, 4.69) is 0 Å². The zero-order valence-electron chi connectivity index (χ0n) is 8.47. The van der Waals surface area contributed by atoms with Gasteiger partial charge in [-0.05, 0) is 6.42 Å². The van der Waals surface area contributed by atoms with Crippen LogP contribution < -0.4 is 0 Å². The van der Waals surface area contributed by atoms with Crippen LogP contribution in [-0.4, -0.2) is 23.1 Å². The predicted molar refractivity (Wildman–Crippen MR) is 57.2 cm³/mol. The third-order valence-electron chi connectivity index (χ3n) is 1.71. The molecule has 0 aromatic carbocycles. The maximum absolute atomic E-state index is 10.4. The third-order valence-corrected chi connectivity index (χ3v) is 2.73. The van der Waals surface area contributed by atoms with Crippen LogP contribution in [0.25, 0.3) is 0 Å². The molecule has 0 aromatic heterocycles. The maximum Gasteiger partial charge on any atom is 0.143 e. The SMILES string of the molecule is CCCC(=O)CC.O=C1CCSC1. The lowest BCUT2D eigenvalue weighted by atomic mass is 10.2. The topological polar surface area (TPSA) is 34.1 Å². The largest absolute Gasteiger partial charge is 0.300 e. The van der Waals surface area contributed by atoms with Gasteiger partial charge in [0.05, 0.1) is 5.75 Å². The first kappa shape index (κ1) is 12.7. The summed E-state index contributed by atoms with van der Waals surface area (Å²) in [4.78, 5) is 20.6. The lowest BCUT2D eigenvalue weighted by Gasteiger charge is -1.87. The Balaban J connectivity index is 0.000000223. The van der Waals surface area contributed by atoms with Gasteiger partial charge >= 0.3 is 0 Å². The fourth-order valence-electron chi connectivity index (χ4n) is 0.900. The van der Waals surface area contributed by atoms with Gasteiger partial charge < -0.3 is 0 Å². The molecule has 1 rings (SSSR count). The molecular weight excluding hydrogens is 184 g/mol. The highest BCUT2D eigenvalue weighted by Gasteiger charge is 2.07. The summed E-state index contributed by atoms with van der Waals surface area (Å²) in [6.45, 7) is 3.92. The molecule has 0 atom stereocenters. The number of hydrogen-bond donors (Lipinski definition) is 0. The van der Waals surface area contributed by atoms with Crippen molar-refractivity contribution in [3.05, 3.63) is 0 Å². The quantitative estimate of drug-likeness (QED) is 0.705. The Bertz CT molecular complexity index is 158. The van der Waals surface area contributed by atoms with E-state index in [1.807, 2.05) is 13.8 Å². The van der Waals surface area contributed by atoms with Crippen LogP contribution in [-0.2, 0) is 9.59 Å². The van der Waals surface area contributed by atoms with E-state index in [4.69, 9.17) is 0 Å². The highest BCUT2D eigenvalue weighted by Crippen LogP contribution is 2.11. The summed E-state index contributed by atoms with van der Waals surface area (Å²) in [5.41, 5.74) is 0. The Kier molecular flexibility index (Phi) is 8.10. The Hall–Kier alpha value is -0.310. The second-order valence-corrected chi connectivity index (χ2v) is 4.09. The highest BCUT2D eigenvalue weighted by atomic mass is 32.2. The van der Waals surface area contributed by atoms with Gasteiger partial charge in [0.15, 0.2) is 0 Å². The van der Waals surface area contributed by atoms with Crippen molar-refractivity contribution in [2.75, 3.05) is 11.5 Å². The van der Waals surface area contributed by atoms with Gasteiger partial charge in [-0.2, -0.15) is 11.8 Å². The number of Topliss-reactive ketones (excluding diaryl/α,β-unsaturated/α-hetero) is 2. The number of carbonyl (C=O) groups is 2. The number of carbonyl (C=O) groups excluding carboxylic acids is 2. The van der Waals surface area contributed by atoms with E-state index >= 15 is 0 Å². The van der Waals surface area contributed by atoms with Crippen LogP contribution in [0, 0.1) is 0 Å². The predicted octanol–water partition coefficient (Wildman–Crippen LogP) is 2.46. The average molecular weight is 202 g/mol. The molecule has 0 unspecified atom stereocenters. The fourth-order valence-corrected chi connectivity index (χ4v) is 1.79. The molecule has 0 aliphatic carbocycles. The summed E-state index contributed by atoms with van der Waals surface area (Å²) < 4.78 is 0. The number of thioether (sulfide) groups is 1. The van der Waals surface area contributed by atoms with Crippen molar-refractivity contribution in [2.24, 2.45) is 0 Å². The van der Waals surface area contributed by atoms with Crippen molar-refractivity contribution < 1.29 is 9.59 Å². The maximum atomic E-state index is 10.4. The molecule has 76 valence electrons. The lowest BCUT2D eigenvalue weighted by Crippen LogP contribution is -1.91. The molecule has 1 aliphatic rings. The molecule has 1 heterocycles. The number of ketones is 2. The van der Waals surface area contributed by atoms with Crippen LogP contribution in [0.3, 0.4) is 0 Å². The summed E-state index contributed by atoms with van der Waals surface area (Å²) in [5.74, 6) is 2.61. The molecule has 2 nitrogen and oxygen atoms in total. The first-order valence-corrected chi connectivity index (χ1v) is 5.97. The molecule has 0 aromatic rings. The number of rotatable bonds is 3. The molecule has 1 fully saturated rings. The van der Waals surface area contributed by atoms with Crippen LogP contribution in [0.4, 0.5) is 0 Å². The summed E-state index contributed by atoms with van der Waals surface area (Å²) in [7, 11) is 0. The molecule has 0 radical (unpaired) electrons. The Morgan fingerprint density at radius 1 is 1.46 bits per heavy atom. The Morgan fingerprint density at radius 3 is 2.31 bits per heavy atom. The zero-order valence-corrected chi connectivity index (χ0v) is 9.28. The third kappa shape index (κ3) is 8.03. The number of hydrogen-bond acceptors (Lipinski definition) is 3. The average Bonchev–Trinajstić information content (AvgIpc) is 2.57. The molecule has 0 N–H and O–H groups in total. The van der Waals surface area contributed by atoms with Gasteiger partial charge in [-0.25, -0.2) is 0 Å². The van der Waals surface area contributed by atoms with E-state index in [0.717, 1.165) is 30.8 Å². The first-order valence-electron chi connectivity index (χ1n) is 4.81. The first-order chi connectivity index (χ1) is 6.20. The Morgan fingerprint density at radius 2 is 2.15 bits per heavy atom. The smallest absolute Gasteiger partial charge is 0.143 e. The van der Waals surface area contributed by atoms with Crippen molar-refractivity contribution in [3.63, 3.8) is 0 Å². The fraction of sp³-hybridized carbons (Fsp3) is 0.800. The van der Waals surface area contributed by atoms with Gasteiger partial charge in [-0.1, -0.05) is 13.8 Å². The van der Waals surface area contributed by atoms with Gasteiger partial charge in [0.1, 0.15) is 11.6 Å². The van der Waals surface area contributed by atoms with E-state index in [1.54, 1.807) is 11.8 Å². The van der Waals surface area contributed by atoms with Gasteiger partial charge in [0.2, 0.25) is 0 Å². The van der Waals surface area contributed by atoms with Gasteiger partial charge in [0.25, 0.3) is 0 Å². The highest BCUT2D eigenvalue weighted by molar-refractivity contribution is 8.00. The summed E-state index contributed by atoms with van der Waals surface area (Å²) in [5, 5.41) is 0. The van der Waals surface area contributed by atoms with Crippen LogP contribution >= 0.6 is 11.8 Å². The van der Waals surface area contributed by atoms with E-state index in [-0.39, 0.29) is 0 Å². The minimum absolute atomic E-state index is 0.377. The van der Waals surface area contributed by atoms with E-state index in [1.165, 1.54) is 0 Å². The minimum Gasteiger partial charge on any atom is -0.300 e. The monoisotopic (exact) mass is 202 g/mol. The standard InChI is InChI=1S/C6H12O.C4H6OS/c1-3-5-6(7)4-2;5-4-1-2-6-3-4/h3-5H2,1-2H3;1-3H2. The summed E-state index contributed by atoms with van der Waals surface area (Å²) >= 11 is 1.73. The molecular formula is C10H18O2S. The minimum atomic E-state index is 0.377. The van der Waals surface area contributed by atoms with Crippen molar-refractivity contribution in [1.29, 1.82) is 0 Å². The second kappa shape index (κ2) is 8.30. The van der Waals surface area contributed by atoms with Crippen molar-refractivity contribution in [1.82, 2.24) is 0 Å².